The van der Waals surface area contributed by atoms with E-state index in [9.17, 15) is 4.79 Å². The van der Waals surface area contributed by atoms with Crippen molar-refractivity contribution in [3.63, 3.8) is 0 Å². The van der Waals surface area contributed by atoms with Gasteiger partial charge in [-0.3, -0.25) is 4.79 Å². The number of benzene rings is 1. The fraction of sp³-hybridized carbons (Fsp3) is 0.333. The molecule has 4 rings (SSSR count). The summed E-state index contributed by atoms with van der Waals surface area (Å²) < 4.78 is 5.33. The zero-order valence-electron chi connectivity index (χ0n) is 15.5. The fourth-order valence-corrected chi connectivity index (χ4v) is 5.44. The number of hydrogen-bond acceptors (Lipinski definition) is 5. The van der Waals surface area contributed by atoms with Crippen LogP contribution in [0.15, 0.2) is 41.8 Å². The van der Waals surface area contributed by atoms with E-state index in [0.717, 1.165) is 52.0 Å². The molecule has 6 heteroatoms. The quantitative estimate of drug-likeness (QED) is 0.605. The molecule has 1 saturated heterocycles. The van der Waals surface area contributed by atoms with Crippen molar-refractivity contribution in [2.45, 2.75) is 32.2 Å². The van der Waals surface area contributed by atoms with Crippen LogP contribution in [0.5, 0.6) is 5.75 Å². The van der Waals surface area contributed by atoms with Gasteiger partial charge in [0, 0.05) is 12.6 Å². The second-order valence-electron chi connectivity index (χ2n) is 6.76. The topological polar surface area (TPSA) is 42.4 Å². The normalized spacial score (nSPS) is 16.7. The molecule has 140 valence electrons. The molecule has 2 aromatic heterocycles. The van der Waals surface area contributed by atoms with Crippen LogP contribution in [0, 0.1) is 6.92 Å². The Balaban J connectivity index is 1.54. The minimum absolute atomic E-state index is 0.123. The summed E-state index contributed by atoms with van der Waals surface area (Å²) >= 11 is 3.17. The largest absolute Gasteiger partial charge is 0.497 e. The Morgan fingerprint density at radius 3 is 3.00 bits per heavy atom. The van der Waals surface area contributed by atoms with E-state index < -0.39 is 0 Å². The average Bonchev–Trinajstić information content (AvgIpc) is 3.42. The highest BCUT2D eigenvalue weighted by Crippen LogP contribution is 2.33. The van der Waals surface area contributed by atoms with Crippen molar-refractivity contribution in [3.05, 3.63) is 57.9 Å². The Hall–Kier alpha value is -2.18. The predicted molar refractivity (Wildman–Crippen MR) is 111 cm³/mol. The minimum atomic E-state index is 0.123. The monoisotopic (exact) mass is 398 g/mol. The molecular formula is C21H22N2O2S2. The molecule has 1 atom stereocenters. The highest BCUT2D eigenvalue weighted by atomic mass is 32.1. The number of carbonyl (C=O) groups is 1. The van der Waals surface area contributed by atoms with E-state index in [0.29, 0.717) is 0 Å². The Bertz CT molecular complexity index is 934. The molecule has 1 aliphatic heterocycles. The van der Waals surface area contributed by atoms with E-state index in [1.165, 1.54) is 16.9 Å². The van der Waals surface area contributed by atoms with Gasteiger partial charge in [-0.1, -0.05) is 18.2 Å². The smallest absolute Gasteiger partial charge is 0.266 e. The molecule has 1 unspecified atom stereocenters. The summed E-state index contributed by atoms with van der Waals surface area (Å²) in [5.41, 5.74) is 2.04. The number of aryl methyl sites for hydroxylation is 1. The minimum Gasteiger partial charge on any atom is -0.497 e. The number of ether oxygens (including phenoxy) is 1. The van der Waals surface area contributed by atoms with E-state index in [1.807, 2.05) is 35.4 Å². The van der Waals surface area contributed by atoms with Gasteiger partial charge in [0.05, 0.1) is 17.7 Å². The van der Waals surface area contributed by atoms with Crippen LogP contribution in [0.2, 0.25) is 0 Å². The van der Waals surface area contributed by atoms with Gasteiger partial charge in [0.15, 0.2) is 0 Å². The van der Waals surface area contributed by atoms with E-state index in [-0.39, 0.29) is 11.9 Å². The van der Waals surface area contributed by atoms with Crippen LogP contribution in [-0.2, 0) is 6.42 Å². The number of thiazole rings is 1. The number of amides is 1. The lowest BCUT2D eigenvalue weighted by atomic mass is 10.0. The maximum absolute atomic E-state index is 13.2. The molecule has 0 spiro atoms. The Morgan fingerprint density at radius 1 is 1.33 bits per heavy atom. The van der Waals surface area contributed by atoms with Gasteiger partial charge >= 0.3 is 0 Å². The summed E-state index contributed by atoms with van der Waals surface area (Å²) in [6.07, 6.45) is 2.95. The predicted octanol–water partition coefficient (Wildman–Crippen LogP) is 5.04. The molecule has 1 aromatic carbocycles. The first-order valence-corrected chi connectivity index (χ1v) is 10.8. The molecule has 0 aliphatic carbocycles. The van der Waals surface area contributed by atoms with Crippen molar-refractivity contribution >= 4 is 28.6 Å². The van der Waals surface area contributed by atoms with E-state index in [2.05, 4.69) is 23.2 Å². The molecule has 0 bridgehead atoms. The first kappa shape index (κ1) is 18.2. The highest BCUT2D eigenvalue weighted by Gasteiger charge is 2.31. The molecule has 0 N–H and O–H groups in total. The summed E-state index contributed by atoms with van der Waals surface area (Å²) in [5.74, 6) is 0.987. The number of carbonyl (C=O) groups excluding carboxylic acids is 1. The summed E-state index contributed by atoms with van der Waals surface area (Å²) in [6, 6.07) is 12.4. The molecular weight excluding hydrogens is 376 g/mol. The van der Waals surface area contributed by atoms with Crippen LogP contribution in [0.25, 0.3) is 9.88 Å². The lowest BCUT2D eigenvalue weighted by Crippen LogP contribution is -2.36. The van der Waals surface area contributed by atoms with Gasteiger partial charge in [0.25, 0.3) is 5.91 Å². The molecule has 0 radical (unpaired) electrons. The molecule has 3 heterocycles. The molecule has 3 aromatic rings. The Morgan fingerprint density at radius 2 is 2.22 bits per heavy atom. The second kappa shape index (κ2) is 7.82. The first-order valence-electron chi connectivity index (χ1n) is 9.11. The third-order valence-electron chi connectivity index (χ3n) is 4.97. The van der Waals surface area contributed by atoms with E-state index in [1.54, 1.807) is 18.4 Å². The SMILES string of the molecule is COc1cccc(CC2CCCN2C(=O)c2sc(-c3cccs3)nc2C)c1. The third-order valence-corrected chi connectivity index (χ3v) is 7.15. The number of hydrogen-bond donors (Lipinski definition) is 0. The van der Waals surface area contributed by atoms with Crippen molar-refractivity contribution in [2.75, 3.05) is 13.7 Å². The first-order chi connectivity index (χ1) is 13.2. The zero-order valence-corrected chi connectivity index (χ0v) is 17.1. The standard InChI is InChI=1S/C21H22N2O2S2/c1-14-19(27-20(22-14)18-9-5-11-26-18)21(24)23-10-4-7-16(23)12-15-6-3-8-17(13-15)25-2/h3,5-6,8-9,11,13,16H,4,7,10,12H2,1-2H3. The number of likely N-dealkylation sites (tertiary alicyclic amines) is 1. The van der Waals surface area contributed by atoms with Crippen molar-refractivity contribution in [3.8, 4) is 15.6 Å². The van der Waals surface area contributed by atoms with Crippen LogP contribution in [0.1, 0.15) is 33.8 Å². The Kier molecular flexibility index (Phi) is 5.27. The number of thiophene rings is 1. The van der Waals surface area contributed by atoms with Gasteiger partial charge in [-0.2, -0.15) is 0 Å². The third kappa shape index (κ3) is 3.77. The van der Waals surface area contributed by atoms with E-state index in [4.69, 9.17) is 4.74 Å². The second-order valence-corrected chi connectivity index (χ2v) is 8.71. The summed E-state index contributed by atoms with van der Waals surface area (Å²) in [5, 5.41) is 2.98. The zero-order chi connectivity index (χ0) is 18.8. The van der Waals surface area contributed by atoms with Crippen molar-refractivity contribution < 1.29 is 9.53 Å². The lowest BCUT2D eigenvalue weighted by Gasteiger charge is -2.24. The average molecular weight is 399 g/mol. The maximum atomic E-state index is 13.2. The summed E-state index contributed by atoms with van der Waals surface area (Å²) in [6.45, 7) is 2.76. The van der Waals surface area contributed by atoms with Crippen LogP contribution >= 0.6 is 22.7 Å². The lowest BCUT2D eigenvalue weighted by molar-refractivity contribution is 0.0740. The van der Waals surface area contributed by atoms with Crippen molar-refractivity contribution in [2.24, 2.45) is 0 Å². The van der Waals surface area contributed by atoms with Gasteiger partial charge in [0.1, 0.15) is 15.6 Å². The van der Waals surface area contributed by atoms with Gasteiger partial charge in [-0.05, 0) is 55.3 Å². The summed E-state index contributed by atoms with van der Waals surface area (Å²) in [4.78, 5) is 21.8. The van der Waals surface area contributed by atoms with Gasteiger partial charge in [-0.25, -0.2) is 4.98 Å². The number of nitrogens with zero attached hydrogens (tertiary/aromatic N) is 2. The van der Waals surface area contributed by atoms with Gasteiger partial charge in [-0.15, -0.1) is 22.7 Å². The van der Waals surface area contributed by atoms with Crippen LogP contribution in [-0.4, -0.2) is 35.5 Å². The fourth-order valence-electron chi connectivity index (χ4n) is 3.62. The number of rotatable bonds is 5. The molecule has 1 aliphatic rings. The molecule has 27 heavy (non-hydrogen) atoms. The van der Waals surface area contributed by atoms with E-state index >= 15 is 0 Å². The van der Waals surface area contributed by atoms with Crippen LogP contribution in [0.4, 0.5) is 0 Å². The van der Waals surface area contributed by atoms with Crippen LogP contribution in [0.3, 0.4) is 0 Å². The van der Waals surface area contributed by atoms with Gasteiger partial charge < -0.3 is 9.64 Å². The maximum Gasteiger partial charge on any atom is 0.266 e. The molecule has 1 amide bonds. The van der Waals surface area contributed by atoms with Crippen LogP contribution < -0.4 is 4.74 Å². The highest BCUT2D eigenvalue weighted by molar-refractivity contribution is 7.22. The molecule has 1 fully saturated rings. The number of aromatic nitrogens is 1. The van der Waals surface area contributed by atoms with Crippen molar-refractivity contribution in [1.82, 2.24) is 9.88 Å². The number of methoxy groups -OCH3 is 1. The van der Waals surface area contributed by atoms with Gasteiger partial charge in [0.2, 0.25) is 0 Å². The molecule has 0 saturated carbocycles. The Labute approximate surface area is 167 Å². The molecule has 4 nitrogen and oxygen atoms in total. The summed E-state index contributed by atoms with van der Waals surface area (Å²) in [7, 11) is 1.68. The van der Waals surface area contributed by atoms with Crippen molar-refractivity contribution in [1.29, 1.82) is 0 Å².